The predicted molar refractivity (Wildman–Crippen MR) is 122 cm³/mol. The topological polar surface area (TPSA) is 49.4 Å². The first-order valence-electron chi connectivity index (χ1n) is 10.2. The van der Waals surface area contributed by atoms with Gasteiger partial charge in [-0.2, -0.15) is 11.8 Å². The average Bonchev–Trinajstić information content (AvgIpc) is 2.71. The molecule has 0 aromatic heterocycles. The lowest BCUT2D eigenvalue weighted by molar-refractivity contribution is -0.116. The zero-order valence-corrected chi connectivity index (χ0v) is 18.4. The summed E-state index contributed by atoms with van der Waals surface area (Å²) >= 11 is 2.01. The van der Waals surface area contributed by atoms with Crippen molar-refractivity contribution in [3.05, 3.63) is 64.2 Å². The van der Waals surface area contributed by atoms with Crippen LogP contribution in [0, 0.1) is 20.8 Å². The average molecular weight is 411 g/mol. The van der Waals surface area contributed by atoms with Crippen molar-refractivity contribution < 1.29 is 9.59 Å². The van der Waals surface area contributed by atoms with Crippen molar-refractivity contribution in [1.82, 2.24) is 4.90 Å². The molecule has 2 aromatic carbocycles. The van der Waals surface area contributed by atoms with Crippen molar-refractivity contribution in [2.45, 2.75) is 40.2 Å². The van der Waals surface area contributed by atoms with Crippen LogP contribution in [0.15, 0.2) is 36.4 Å². The summed E-state index contributed by atoms with van der Waals surface area (Å²) in [5, 5.41) is 2.96. The van der Waals surface area contributed by atoms with Crippen molar-refractivity contribution in [2.75, 3.05) is 29.9 Å². The number of aryl methyl sites for hydroxylation is 3. The molecule has 0 spiro atoms. The van der Waals surface area contributed by atoms with Gasteiger partial charge in [-0.1, -0.05) is 24.3 Å². The van der Waals surface area contributed by atoms with Gasteiger partial charge < -0.3 is 5.32 Å². The summed E-state index contributed by atoms with van der Waals surface area (Å²) in [6.45, 7) is 9.27. The van der Waals surface area contributed by atoms with Crippen molar-refractivity contribution in [3.8, 4) is 0 Å². The first-order chi connectivity index (χ1) is 13.9. The molecule has 29 heavy (non-hydrogen) atoms. The van der Waals surface area contributed by atoms with Gasteiger partial charge in [-0.15, -0.1) is 0 Å². The molecule has 2 aromatic rings. The molecule has 0 saturated carbocycles. The lowest BCUT2D eigenvalue weighted by atomic mass is 10.0. The number of hydrogen-bond acceptors (Lipinski definition) is 4. The number of nitrogens with zero attached hydrogens (tertiary/aromatic N) is 1. The highest BCUT2D eigenvalue weighted by atomic mass is 32.2. The molecule has 5 heteroatoms. The summed E-state index contributed by atoms with van der Waals surface area (Å²) in [5.74, 6) is 2.29. The number of Topliss-reactive ketones (excluding diaryl/α,β-unsaturated/α-hetero) is 1. The van der Waals surface area contributed by atoms with Crippen molar-refractivity contribution in [2.24, 2.45) is 0 Å². The number of rotatable bonds is 7. The standard InChI is InChI=1S/C24H30N2O2S/c1-17-4-6-21(15-18(17)2)23(27)8-9-24(28)25-22-7-5-20(14-19(22)3)16-26-10-12-29-13-11-26/h4-7,14-15H,8-13,16H2,1-3H3,(H,25,28). The van der Waals surface area contributed by atoms with Gasteiger partial charge in [0.25, 0.3) is 0 Å². The smallest absolute Gasteiger partial charge is 0.224 e. The molecule has 1 saturated heterocycles. The second-order valence-electron chi connectivity index (χ2n) is 7.81. The molecule has 4 nitrogen and oxygen atoms in total. The van der Waals surface area contributed by atoms with Gasteiger partial charge in [0.15, 0.2) is 5.78 Å². The maximum Gasteiger partial charge on any atom is 0.224 e. The fourth-order valence-electron chi connectivity index (χ4n) is 3.48. The number of anilines is 1. The Balaban J connectivity index is 1.51. The summed E-state index contributed by atoms with van der Waals surface area (Å²) in [6, 6.07) is 11.9. The third-order valence-corrected chi connectivity index (χ3v) is 6.43. The fourth-order valence-corrected chi connectivity index (χ4v) is 4.46. The van der Waals surface area contributed by atoms with Crippen LogP contribution in [0.25, 0.3) is 0 Å². The van der Waals surface area contributed by atoms with Crippen molar-refractivity contribution in [1.29, 1.82) is 0 Å². The minimum absolute atomic E-state index is 0.00927. The van der Waals surface area contributed by atoms with Crippen LogP contribution >= 0.6 is 11.8 Å². The van der Waals surface area contributed by atoms with Crippen LogP contribution in [-0.4, -0.2) is 41.2 Å². The summed E-state index contributed by atoms with van der Waals surface area (Å²) in [4.78, 5) is 27.2. The maximum absolute atomic E-state index is 12.4. The molecular formula is C24H30N2O2S. The number of benzene rings is 2. The van der Waals surface area contributed by atoms with Gasteiger partial charge in [-0.25, -0.2) is 0 Å². The van der Waals surface area contributed by atoms with Gasteiger partial charge in [-0.3, -0.25) is 14.5 Å². The van der Waals surface area contributed by atoms with Gasteiger partial charge in [-0.05, 0) is 55.2 Å². The minimum Gasteiger partial charge on any atom is -0.326 e. The first kappa shape index (κ1) is 21.6. The fraction of sp³-hybridized carbons (Fsp3) is 0.417. The zero-order chi connectivity index (χ0) is 20.8. The summed E-state index contributed by atoms with van der Waals surface area (Å²) < 4.78 is 0. The molecule has 0 radical (unpaired) electrons. The normalized spacial score (nSPS) is 14.6. The molecule has 0 unspecified atom stereocenters. The molecule has 1 heterocycles. The Morgan fingerprint density at radius 2 is 1.69 bits per heavy atom. The van der Waals surface area contributed by atoms with Crippen molar-refractivity contribution >= 4 is 29.1 Å². The molecule has 154 valence electrons. The van der Waals surface area contributed by atoms with Crippen LogP contribution in [0.1, 0.15) is 45.5 Å². The van der Waals surface area contributed by atoms with Gasteiger partial charge in [0.05, 0.1) is 0 Å². The molecule has 1 amide bonds. The molecular weight excluding hydrogens is 380 g/mol. The molecule has 0 atom stereocenters. The number of amides is 1. The number of nitrogens with one attached hydrogen (secondary N) is 1. The van der Waals surface area contributed by atoms with E-state index in [0.29, 0.717) is 5.56 Å². The summed E-state index contributed by atoms with van der Waals surface area (Å²) in [7, 11) is 0. The molecule has 1 aliphatic heterocycles. The van der Waals surface area contributed by atoms with Gasteiger partial charge in [0.1, 0.15) is 0 Å². The third kappa shape index (κ3) is 6.18. The number of hydrogen-bond donors (Lipinski definition) is 1. The van der Waals surface area contributed by atoms with Crippen LogP contribution in [0.4, 0.5) is 5.69 Å². The van der Waals surface area contributed by atoms with Gasteiger partial charge in [0.2, 0.25) is 5.91 Å². The Hall–Kier alpha value is -2.11. The van der Waals surface area contributed by atoms with E-state index >= 15 is 0 Å². The van der Waals surface area contributed by atoms with E-state index in [4.69, 9.17) is 0 Å². The van der Waals surface area contributed by atoms with E-state index in [9.17, 15) is 9.59 Å². The molecule has 0 aliphatic carbocycles. The van der Waals surface area contributed by atoms with Crippen molar-refractivity contribution in [3.63, 3.8) is 0 Å². The summed E-state index contributed by atoms with van der Waals surface area (Å²) in [6.07, 6.45) is 0.414. The van der Waals surface area contributed by atoms with E-state index in [1.54, 1.807) is 0 Å². The second-order valence-corrected chi connectivity index (χ2v) is 9.03. The Kier molecular flexibility index (Phi) is 7.51. The van der Waals surface area contributed by atoms with Crippen LogP contribution in [0.3, 0.4) is 0 Å². The molecule has 1 aliphatic rings. The quantitative estimate of drug-likeness (QED) is 0.669. The lowest BCUT2D eigenvalue weighted by Gasteiger charge is -2.26. The first-order valence-corrected chi connectivity index (χ1v) is 11.4. The molecule has 1 N–H and O–H groups in total. The van der Waals surface area contributed by atoms with E-state index in [-0.39, 0.29) is 24.5 Å². The maximum atomic E-state index is 12.4. The minimum atomic E-state index is -0.119. The van der Waals surface area contributed by atoms with Gasteiger partial charge in [0, 0.05) is 55.2 Å². The second kappa shape index (κ2) is 10.1. The molecule has 1 fully saturated rings. The molecule has 3 rings (SSSR count). The Morgan fingerprint density at radius 1 is 0.931 bits per heavy atom. The SMILES string of the molecule is Cc1ccc(C(=O)CCC(=O)Nc2ccc(CN3CCSCC3)cc2C)cc1C. The highest BCUT2D eigenvalue weighted by Crippen LogP contribution is 2.20. The number of ketones is 1. The monoisotopic (exact) mass is 410 g/mol. The Morgan fingerprint density at radius 3 is 2.38 bits per heavy atom. The largest absolute Gasteiger partial charge is 0.326 e. The van der Waals surface area contributed by atoms with E-state index in [1.165, 1.54) is 17.1 Å². The van der Waals surface area contributed by atoms with Crippen LogP contribution in [-0.2, 0) is 11.3 Å². The van der Waals surface area contributed by atoms with E-state index in [0.717, 1.165) is 42.0 Å². The van der Waals surface area contributed by atoms with E-state index < -0.39 is 0 Å². The predicted octanol–water partition coefficient (Wildman–Crippen LogP) is 4.76. The summed E-state index contributed by atoms with van der Waals surface area (Å²) in [5.41, 5.74) is 6.10. The molecule has 0 bridgehead atoms. The highest BCUT2D eigenvalue weighted by Gasteiger charge is 2.13. The van der Waals surface area contributed by atoms with Crippen LogP contribution in [0.5, 0.6) is 0 Å². The van der Waals surface area contributed by atoms with E-state index in [1.807, 2.05) is 56.8 Å². The number of carbonyl (C=O) groups excluding carboxylic acids is 2. The van der Waals surface area contributed by atoms with Crippen LogP contribution in [0.2, 0.25) is 0 Å². The van der Waals surface area contributed by atoms with Gasteiger partial charge >= 0.3 is 0 Å². The lowest BCUT2D eigenvalue weighted by Crippen LogP contribution is -2.31. The number of thioether (sulfide) groups is 1. The zero-order valence-electron chi connectivity index (χ0n) is 17.6. The number of carbonyl (C=O) groups is 2. The Labute approximate surface area is 178 Å². The highest BCUT2D eigenvalue weighted by molar-refractivity contribution is 7.99. The Bertz CT molecular complexity index is 888. The van der Waals surface area contributed by atoms with Crippen LogP contribution < -0.4 is 5.32 Å². The van der Waals surface area contributed by atoms with E-state index in [2.05, 4.69) is 22.3 Å². The third-order valence-electron chi connectivity index (χ3n) is 5.48.